The maximum absolute atomic E-state index is 12.7. The highest BCUT2D eigenvalue weighted by Gasteiger charge is 2.29. The van der Waals surface area contributed by atoms with Gasteiger partial charge in [0.25, 0.3) is 0 Å². The minimum absolute atomic E-state index is 0.0147. The van der Waals surface area contributed by atoms with E-state index in [-0.39, 0.29) is 12.1 Å². The Morgan fingerprint density at radius 3 is 2.74 bits per heavy atom. The number of anilines is 2. The SMILES string of the molecule is CCC1CN(C(=O)Nc2ccc(Br)cc2)c2cc(C)ccc2O1. The van der Waals surface area contributed by atoms with Crippen LogP contribution in [-0.2, 0) is 0 Å². The van der Waals surface area contributed by atoms with Crippen LogP contribution < -0.4 is 15.0 Å². The van der Waals surface area contributed by atoms with Gasteiger partial charge < -0.3 is 10.1 Å². The summed E-state index contributed by atoms with van der Waals surface area (Å²) in [5, 5.41) is 2.95. The molecule has 0 spiro atoms. The van der Waals surface area contributed by atoms with Gasteiger partial charge >= 0.3 is 6.03 Å². The number of benzene rings is 2. The van der Waals surface area contributed by atoms with Crippen LogP contribution in [0.4, 0.5) is 16.2 Å². The molecule has 0 bridgehead atoms. The van der Waals surface area contributed by atoms with Crippen LogP contribution in [-0.4, -0.2) is 18.7 Å². The second kappa shape index (κ2) is 6.62. The average molecular weight is 375 g/mol. The molecule has 1 unspecified atom stereocenters. The van der Waals surface area contributed by atoms with Gasteiger partial charge in [-0.05, 0) is 55.3 Å². The molecule has 2 aromatic carbocycles. The van der Waals surface area contributed by atoms with Gasteiger partial charge in [-0.25, -0.2) is 4.79 Å². The molecule has 120 valence electrons. The van der Waals surface area contributed by atoms with E-state index < -0.39 is 0 Å². The fourth-order valence-electron chi connectivity index (χ4n) is 2.59. The molecule has 1 heterocycles. The van der Waals surface area contributed by atoms with E-state index in [1.807, 2.05) is 49.4 Å². The van der Waals surface area contributed by atoms with Crippen LogP contribution in [0.2, 0.25) is 0 Å². The Kier molecular flexibility index (Phi) is 4.57. The van der Waals surface area contributed by atoms with Gasteiger partial charge in [0.15, 0.2) is 0 Å². The average Bonchev–Trinajstić information content (AvgIpc) is 2.56. The van der Waals surface area contributed by atoms with E-state index in [9.17, 15) is 4.79 Å². The number of hydrogen-bond donors (Lipinski definition) is 1. The van der Waals surface area contributed by atoms with E-state index in [0.717, 1.165) is 33.6 Å². The van der Waals surface area contributed by atoms with Crippen LogP contribution in [0.15, 0.2) is 46.9 Å². The minimum atomic E-state index is -0.138. The molecule has 0 aromatic heterocycles. The molecule has 2 aromatic rings. The lowest BCUT2D eigenvalue weighted by atomic mass is 10.1. The first-order valence-electron chi connectivity index (χ1n) is 7.68. The highest BCUT2D eigenvalue weighted by atomic mass is 79.9. The summed E-state index contributed by atoms with van der Waals surface area (Å²) in [6.45, 7) is 4.63. The first kappa shape index (κ1) is 15.9. The number of fused-ring (bicyclic) bond motifs is 1. The quantitative estimate of drug-likeness (QED) is 0.806. The molecule has 0 saturated heterocycles. The summed E-state index contributed by atoms with van der Waals surface area (Å²) in [5.41, 5.74) is 2.69. The van der Waals surface area contributed by atoms with Crippen LogP contribution in [0.5, 0.6) is 5.75 Å². The van der Waals surface area contributed by atoms with Crippen molar-refractivity contribution in [2.75, 3.05) is 16.8 Å². The van der Waals surface area contributed by atoms with Crippen LogP contribution in [0.3, 0.4) is 0 Å². The molecule has 1 atom stereocenters. The summed E-state index contributed by atoms with van der Waals surface area (Å²) in [6.07, 6.45) is 0.871. The lowest BCUT2D eigenvalue weighted by Crippen LogP contribution is -2.45. The van der Waals surface area contributed by atoms with Crippen LogP contribution in [0.25, 0.3) is 0 Å². The minimum Gasteiger partial charge on any atom is -0.486 e. The van der Waals surface area contributed by atoms with Crippen LogP contribution in [0.1, 0.15) is 18.9 Å². The largest absolute Gasteiger partial charge is 0.486 e. The second-order valence-corrected chi connectivity index (χ2v) is 6.58. The number of carbonyl (C=O) groups excluding carboxylic acids is 1. The summed E-state index contributed by atoms with van der Waals surface area (Å²) in [4.78, 5) is 14.5. The van der Waals surface area contributed by atoms with Crippen molar-refractivity contribution < 1.29 is 9.53 Å². The predicted molar refractivity (Wildman–Crippen MR) is 96.4 cm³/mol. The third-order valence-corrected chi connectivity index (χ3v) is 4.41. The Labute approximate surface area is 144 Å². The normalized spacial score (nSPS) is 16.5. The van der Waals surface area contributed by atoms with E-state index in [0.29, 0.717) is 6.54 Å². The number of carbonyl (C=O) groups is 1. The molecular formula is C18H19BrN2O2. The molecular weight excluding hydrogens is 356 g/mol. The van der Waals surface area contributed by atoms with Crippen molar-refractivity contribution in [1.82, 2.24) is 0 Å². The van der Waals surface area contributed by atoms with E-state index in [1.54, 1.807) is 4.90 Å². The molecule has 0 saturated carbocycles. The van der Waals surface area contributed by atoms with Crippen molar-refractivity contribution in [2.24, 2.45) is 0 Å². The molecule has 5 heteroatoms. The maximum atomic E-state index is 12.7. The number of hydrogen-bond acceptors (Lipinski definition) is 2. The lowest BCUT2D eigenvalue weighted by Gasteiger charge is -2.34. The number of ether oxygens (including phenoxy) is 1. The zero-order valence-electron chi connectivity index (χ0n) is 13.2. The Morgan fingerprint density at radius 1 is 1.30 bits per heavy atom. The first-order chi connectivity index (χ1) is 11.1. The lowest BCUT2D eigenvalue weighted by molar-refractivity contribution is 0.188. The predicted octanol–water partition coefficient (Wildman–Crippen LogP) is 4.97. The molecule has 4 nitrogen and oxygen atoms in total. The Balaban J connectivity index is 1.87. The van der Waals surface area contributed by atoms with Gasteiger partial charge in [-0.3, -0.25) is 4.90 Å². The van der Waals surface area contributed by atoms with Crippen molar-refractivity contribution in [3.05, 3.63) is 52.5 Å². The maximum Gasteiger partial charge on any atom is 0.326 e. The van der Waals surface area contributed by atoms with Crippen molar-refractivity contribution in [1.29, 1.82) is 0 Å². The highest BCUT2D eigenvalue weighted by molar-refractivity contribution is 9.10. The van der Waals surface area contributed by atoms with E-state index in [4.69, 9.17) is 4.74 Å². The molecule has 1 N–H and O–H groups in total. The van der Waals surface area contributed by atoms with Gasteiger partial charge in [-0.1, -0.05) is 28.9 Å². The number of amides is 2. The summed E-state index contributed by atoms with van der Waals surface area (Å²) in [6, 6.07) is 13.3. The molecule has 1 aliphatic heterocycles. The van der Waals surface area contributed by atoms with Gasteiger partial charge in [-0.2, -0.15) is 0 Å². The molecule has 23 heavy (non-hydrogen) atoms. The van der Waals surface area contributed by atoms with Crippen LogP contribution >= 0.6 is 15.9 Å². The molecule has 0 radical (unpaired) electrons. The van der Waals surface area contributed by atoms with E-state index >= 15 is 0 Å². The zero-order chi connectivity index (χ0) is 16.4. The number of urea groups is 1. The van der Waals surface area contributed by atoms with Gasteiger partial charge in [-0.15, -0.1) is 0 Å². The van der Waals surface area contributed by atoms with Crippen molar-refractivity contribution >= 4 is 33.3 Å². The van der Waals surface area contributed by atoms with Crippen molar-refractivity contribution in [3.8, 4) is 5.75 Å². The fraction of sp³-hybridized carbons (Fsp3) is 0.278. The summed E-state index contributed by atoms with van der Waals surface area (Å²) >= 11 is 3.40. The van der Waals surface area contributed by atoms with Gasteiger partial charge in [0.2, 0.25) is 0 Å². The third-order valence-electron chi connectivity index (χ3n) is 3.88. The van der Waals surface area contributed by atoms with Crippen LogP contribution in [0, 0.1) is 6.92 Å². The number of rotatable bonds is 2. The number of halogens is 1. The summed E-state index contributed by atoms with van der Waals surface area (Å²) in [7, 11) is 0. The number of nitrogens with one attached hydrogen (secondary N) is 1. The Bertz CT molecular complexity index is 715. The first-order valence-corrected chi connectivity index (χ1v) is 8.47. The summed E-state index contributed by atoms with van der Waals surface area (Å²) < 4.78 is 6.94. The third kappa shape index (κ3) is 3.50. The number of aryl methyl sites for hydroxylation is 1. The topological polar surface area (TPSA) is 41.6 Å². The number of nitrogens with zero attached hydrogens (tertiary/aromatic N) is 1. The molecule has 1 aliphatic rings. The highest BCUT2D eigenvalue weighted by Crippen LogP contribution is 2.35. The smallest absolute Gasteiger partial charge is 0.326 e. The standard InChI is InChI=1S/C18H19BrN2O2/c1-3-15-11-21(16-10-12(2)4-9-17(16)23-15)18(22)20-14-7-5-13(19)6-8-14/h4-10,15H,3,11H2,1-2H3,(H,20,22). The van der Waals surface area contributed by atoms with E-state index in [1.165, 1.54) is 0 Å². The summed E-state index contributed by atoms with van der Waals surface area (Å²) in [5.74, 6) is 0.764. The van der Waals surface area contributed by atoms with Crippen molar-refractivity contribution in [2.45, 2.75) is 26.4 Å². The van der Waals surface area contributed by atoms with Gasteiger partial charge in [0.05, 0.1) is 12.2 Å². The fourth-order valence-corrected chi connectivity index (χ4v) is 2.85. The molecule has 3 rings (SSSR count). The second-order valence-electron chi connectivity index (χ2n) is 5.67. The molecule has 0 fully saturated rings. The van der Waals surface area contributed by atoms with Crippen molar-refractivity contribution in [3.63, 3.8) is 0 Å². The van der Waals surface area contributed by atoms with Gasteiger partial charge in [0.1, 0.15) is 11.9 Å². The molecule has 2 amide bonds. The Morgan fingerprint density at radius 2 is 2.04 bits per heavy atom. The molecule has 0 aliphatic carbocycles. The Hall–Kier alpha value is -2.01. The zero-order valence-corrected chi connectivity index (χ0v) is 14.8. The van der Waals surface area contributed by atoms with Gasteiger partial charge in [0, 0.05) is 10.2 Å². The van der Waals surface area contributed by atoms with E-state index in [2.05, 4.69) is 28.2 Å². The monoisotopic (exact) mass is 374 g/mol.